The van der Waals surface area contributed by atoms with Crippen LogP contribution in [0.2, 0.25) is 0 Å². The summed E-state index contributed by atoms with van der Waals surface area (Å²) >= 11 is 0. The molecule has 0 atom stereocenters. The highest BCUT2D eigenvalue weighted by Gasteiger charge is 2.35. The van der Waals surface area contributed by atoms with Crippen molar-refractivity contribution in [2.24, 2.45) is 5.92 Å². The Morgan fingerprint density at radius 3 is 2.44 bits per heavy atom. The van der Waals surface area contributed by atoms with Gasteiger partial charge in [-0.15, -0.1) is 0 Å². The molecule has 10 heteroatoms. The van der Waals surface area contributed by atoms with Crippen LogP contribution in [0.3, 0.4) is 0 Å². The number of carbonyl (C=O) groups excluding carboxylic acids is 2. The summed E-state index contributed by atoms with van der Waals surface area (Å²) < 4.78 is 42.9. The topological polar surface area (TPSA) is 116 Å². The number of hydrogen-bond acceptors (Lipinski definition) is 8. The molecule has 4 rings (SSSR count). The lowest BCUT2D eigenvalue weighted by molar-refractivity contribution is -0.151. The van der Waals surface area contributed by atoms with E-state index in [-0.39, 0.29) is 30.2 Å². The van der Waals surface area contributed by atoms with Crippen molar-refractivity contribution in [3.8, 4) is 11.3 Å². The monoisotopic (exact) mass is 484 g/mol. The van der Waals surface area contributed by atoms with Crippen LogP contribution in [0.1, 0.15) is 28.9 Å². The van der Waals surface area contributed by atoms with Crippen molar-refractivity contribution in [3.05, 3.63) is 71.9 Å². The van der Waals surface area contributed by atoms with E-state index in [1.807, 2.05) is 30.3 Å². The van der Waals surface area contributed by atoms with Gasteiger partial charge in [0.2, 0.25) is 10.0 Å². The maximum Gasteiger partial charge on any atom is 0.339 e. The number of sulfonamides is 1. The molecule has 1 aliphatic rings. The summed E-state index contributed by atoms with van der Waals surface area (Å²) in [6.07, 6.45) is 0.624. The molecule has 178 valence electrons. The zero-order valence-corrected chi connectivity index (χ0v) is 19.4. The first-order valence-electron chi connectivity index (χ1n) is 10.8. The lowest BCUT2D eigenvalue weighted by atomic mass is 9.98. The number of nitrogens with zero attached hydrogens (tertiary/aromatic N) is 2. The summed E-state index contributed by atoms with van der Waals surface area (Å²) in [6, 6.07) is 17.1. The Hall–Kier alpha value is -3.50. The SMILES string of the molecule is COC(=O)c1ccccc1S(=O)(=O)N1CCC(C(=O)OCc2cc(-c3ccccc3)on2)CC1. The van der Waals surface area contributed by atoms with Crippen molar-refractivity contribution in [3.63, 3.8) is 0 Å². The first-order chi connectivity index (χ1) is 16.4. The van der Waals surface area contributed by atoms with E-state index in [1.165, 1.54) is 23.5 Å². The molecule has 34 heavy (non-hydrogen) atoms. The number of carbonyl (C=O) groups is 2. The van der Waals surface area contributed by atoms with Gasteiger partial charge < -0.3 is 14.0 Å². The summed E-state index contributed by atoms with van der Waals surface area (Å²) in [5, 5.41) is 3.94. The highest BCUT2D eigenvalue weighted by Crippen LogP contribution is 2.27. The lowest BCUT2D eigenvalue weighted by Crippen LogP contribution is -2.41. The van der Waals surface area contributed by atoms with Gasteiger partial charge in [-0.05, 0) is 25.0 Å². The Bertz CT molecular complexity index is 1260. The molecule has 0 spiro atoms. The average molecular weight is 485 g/mol. The quantitative estimate of drug-likeness (QED) is 0.469. The van der Waals surface area contributed by atoms with Crippen molar-refractivity contribution in [1.29, 1.82) is 0 Å². The molecule has 2 heterocycles. The minimum absolute atomic E-state index is 0.0194. The fraction of sp³-hybridized carbons (Fsp3) is 0.292. The van der Waals surface area contributed by atoms with Gasteiger partial charge >= 0.3 is 11.9 Å². The molecule has 0 N–H and O–H groups in total. The largest absolute Gasteiger partial charge is 0.465 e. The van der Waals surface area contributed by atoms with E-state index in [0.29, 0.717) is 24.3 Å². The maximum absolute atomic E-state index is 13.1. The number of methoxy groups -OCH3 is 1. The first-order valence-corrected chi connectivity index (χ1v) is 12.2. The van der Waals surface area contributed by atoms with Crippen LogP contribution in [-0.4, -0.2) is 50.0 Å². The Labute approximate surface area is 197 Å². The van der Waals surface area contributed by atoms with E-state index in [2.05, 4.69) is 5.16 Å². The Balaban J connectivity index is 1.34. The Morgan fingerprint density at radius 1 is 1.06 bits per heavy atom. The predicted molar refractivity (Wildman–Crippen MR) is 121 cm³/mol. The van der Waals surface area contributed by atoms with Crippen molar-refractivity contribution >= 4 is 22.0 Å². The number of hydrogen-bond donors (Lipinski definition) is 0. The first kappa shape index (κ1) is 23.7. The molecule has 0 unspecified atom stereocenters. The molecule has 1 saturated heterocycles. The van der Waals surface area contributed by atoms with Gasteiger partial charge in [0.25, 0.3) is 0 Å². The van der Waals surface area contributed by atoms with Crippen molar-refractivity contribution in [2.45, 2.75) is 24.3 Å². The van der Waals surface area contributed by atoms with E-state index in [1.54, 1.807) is 18.2 Å². The minimum Gasteiger partial charge on any atom is -0.465 e. The fourth-order valence-electron chi connectivity index (χ4n) is 3.82. The molecule has 0 bridgehead atoms. The van der Waals surface area contributed by atoms with E-state index in [4.69, 9.17) is 14.0 Å². The molecule has 1 fully saturated rings. The third-order valence-electron chi connectivity index (χ3n) is 5.68. The number of esters is 2. The average Bonchev–Trinajstić information content (AvgIpc) is 3.36. The van der Waals surface area contributed by atoms with Crippen LogP contribution in [0.15, 0.2) is 70.1 Å². The van der Waals surface area contributed by atoms with Gasteiger partial charge in [-0.1, -0.05) is 47.6 Å². The second-order valence-corrected chi connectivity index (χ2v) is 9.73. The van der Waals surface area contributed by atoms with Gasteiger partial charge in [0.05, 0.1) is 23.5 Å². The molecule has 0 aliphatic carbocycles. The number of ether oxygens (including phenoxy) is 2. The van der Waals surface area contributed by atoms with Crippen LogP contribution >= 0.6 is 0 Å². The molecule has 1 aromatic heterocycles. The van der Waals surface area contributed by atoms with Crippen LogP contribution in [0.5, 0.6) is 0 Å². The molecular formula is C24H24N2O7S. The van der Waals surface area contributed by atoms with Crippen molar-refractivity contribution in [1.82, 2.24) is 9.46 Å². The smallest absolute Gasteiger partial charge is 0.339 e. The molecule has 9 nitrogen and oxygen atoms in total. The second-order valence-electron chi connectivity index (χ2n) is 7.82. The predicted octanol–water partition coefficient (Wildman–Crippen LogP) is 3.27. The molecule has 0 radical (unpaired) electrons. The van der Waals surface area contributed by atoms with E-state index in [0.717, 1.165) is 5.56 Å². The molecule has 0 saturated carbocycles. The van der Waals surface area contributed by atoms with Gasteiger partial charge in [-0.3, -0.25) is 4.79 Å². The molecule has 3 aromatic rings. The Kier molecular flexibility index (Phi) is 7.09. The minimum atomic E-state index is -3.92. The van der Waals surface area contributed by atoms with Gasteiger partial charge in [0.1, 0.15) is 12.3 Å². The zero-order chi connectivity index (χ0) is 24.1. The molecule has 0 amide bonds. The maximum atomic E-state index is 13.1. The summed E-state index contributed by atoms with van der Waals surface area (Å²) in [4.78, 5) is 24.4. The highest BCUT2D eigenvalue weighted by molar-refractivity contribution is 7.89. The van der Waals surface area contributed by atoms with Gasteiger partial charge in [0.15, 0.2) is 5.76 Å². The molecule has 2 aromatic carbocycles. The van der Waals surface area contributed by atoms with Crippen LogP contribution in [0.25, 0.3) is 11.3 Å². The summed E-state index contributed by atoms with van der Waals surface area (Å²) in [6.45, 7) is 0.250. The highest BCUT2D eigenvalue weighted by atomic mass is 32.2. The van der Waals surface area contributed by atoms with Crippen LogP contribution in [0, 0.1) is 5.92 Å². The number of piperidine rings is 1. The molecular weight excluding hydrogens is 460 g/mol. The summed E-state index contributed by atoms with van der Waals surface area (Å²) in [7, 11) is -2.72. The Morgan fingerprint density at radius 2 is 1.74 bits per heavy atom. The normalized spacial score (nSPS) is 15.1. The third kappa shape index (κ3) is 5.02. The number of aromatic nitrogens is 1. The van der Waals surface area contributed by atoms with Gasteiger partial charge in [0, 0.05) is 24.7 Å². The standard InChI is InChI=1S/C24H24N2O7S/c1-31-24(28)20-9-5-6-10-22(20)34(29,30)26-13-11-18(12-14-26)23(27)32-16-19-15-21(33-25-19)17-7-3-2-4-8-17/h2-10,15,18H,11-14,16H2,1H3. The van der Waals surface area contributed by atoms with Crippen LogP contribution in [0.4, 0.5) is 0 Å². The fourth-order valence-corrected chi connectivity index (χ4v) is 5.47. The third-order valence-corrected chi connectivity index (χ3v) is 7.63. The van der Waals surface area contributed by atoms with Gasteiger partial charge in [-0.25, -0.2) is 13.2 Å². The second kappa shape index (κ2) is 10.2. The van der Waals surface area contributed by atoms with E-state index in [9.17, 15) is 18.0 Å². The lowest BCUT2D eigenvalue weighted by Gasteiger charge is -2.30. The summed E-state index contributed by atoms with van der Waals surface area (Å²) in [5.41, 5.74) is 1.34. The molecule has 1 aliphatic heterocycles. The van der Waals surface area contributed by atoms with Crippen LogP contribution in [-0.2, 0) is 30.9 Å². The summed E-state index contributed by atoms with van der Waals surface area (Å²) in [5.74, 6) is -0.975. The van der Waals surface area contributed by atoms with Crippen molar-refractivity contribution in [2.75, 3.05) is 20.2 Å². The number of rotatable bonds is 7. The van der Waals surface area contributed by atoms with Crippen molar-refractivity contribution < 1.29 is 32.0 Å². The zero-order valence-electron chi connectivity index (χ0n) is 18.5. The van der Waals surface area contributed by atoms with Crippen LogP contribution < -0.4 is 0 Å². The van der Waals surface area contributed by atoms with Gasteiger partial charge in [-0.2, -0.15) is 4.31 Å². The number of benzene rings is 2. The van der Waals surface area contributed by atoms with E-state index < -0.39 is 27.9 Å². The van der Waals surface area contributed by atoms with E-state index >= 15 is 0 Å².